The highest BCUT2D eigenvalue weighted by atomic mass is 32.2. The van der Waals surface area contributed by atoms with Crippen molar-refractivity contribution in [1.82, 2.24) is 10.0 Å². The Bertz CT molecular complexity index is 1060. The predicted molar refractivity (Wildman–Crippen MR) is 101 cm³/mol. The molecule has 0 spiro atoms. The zero-order valence-electron chi connectivity index (χ0n) is 14.2. The van der Waals surface area contributed by atoms with E-state index in [0.29, 0.717) is 11.1 Å². The number of carbonyl (C=O) groups excluding carboxylic acids is 1. The van der Waals surface area contributed by atoms with Gasteiger partial charge in [-0.3, -0.25) is 4.79 Å². The Balaban J connectivity index is 1.59. The fourth-order valence-electron chi connectivity index (χ4n) is 2.55. The molecule has 1 aliphatic heterocycles. The van der Waals surface area contributed by atoms with Crippen LogP contribution in [0.1, 0.15) is 15.9 Å². The summed E-state index contributed by atoms with van der Waals surface area (Å²) in [5.41, 5.74) is 1.05. The Morgan fingerprint density at radius 2 is 1.70 bits per heavy atom. The first kappa shape index (κ1) is 19.3. The van der Waals surface area contributed by atoms with Gasteiger partial charge in [0, 0.05) is 17.5 Å². The van der Waals surface area contributed by atoms with E-state index in [1.165, 1.54) is 18.2 Å². The molecule has 1 heterocycles. The van der Waals surface area contributed by atoms with Gasteiger partial charge in [0.2, 0.25) is 10.0 Å². The molecule has 3 rings (SSSR count). The first-order valence-corrected chi connectivity index (χ1v) is 11.3. The average molecular weight is 406 g/mol. The van der Waals surface area contributed by atoms with Gasteiger partial charge in [-0.1, -0.05) is 30.3 Å². The normalized spacial score (nSPS) is 18.3. The number of benzene rings is 2. The van der Waals surface area contributed by atoms with E-state index < -0.39 is 31.8 Å². The van der Waals surface area contributed by atoms with Crippen LogP contribution in [0, 0.1) is 0 Å². The standard InChI is InChI=1S/C18H18N2O5S2/c21-18(20-16-10-11-26(22,23)13-16)15-8-6-14(7-9-15)12-19-27(24,25)17-4-2-1-3-5-17/h1-11,16,19H,12-13H2,(H,20,21)/t16-/m1/s1. The maximum atomic E-state index is 12.2. The van der Waals surface area contributed by atoms with Crippen LogP contribution in [0.5, 0.6) is 0 Å². The van der Waals surface area contributed by atoms with Crippen molar-refractivity contribution >= 4 is 25.8 Å². The number of amides is 1. The summed E-state index contributed by atoms with van der Waals surface area (Å²) in [6.07, 6.45) is 1.44. The van der Waals surface area contributed by atoms with Crippen molar-refractivity contribution in [2.75, 3.05) is 5.75 Å². The van der Waals surface area contributed by atoms with E-state index in [2.05, 4.69) is 10.0 Å². The third-order valence-electron chi connectivity index (χ3n) is 3.98. The Hall–Kier alpha value is -2.49. The summed E-state index contributed by atoms with van der Waals surface area (Å²) in [5.74, 6) is -0.531. The lowest BCUT2D eigenvalue weighted by molar-refractivity contribution is 0.0947. The molecule has 2 aromatic rings. The van der Waals surface area contributed by atoms with Gasteiger partial charge in [0.1, 0.15) is 0 Å². The molecule has 7 nitrogen and oxygen atoms in total. The van der Waals surface area contributed by atoms with E-state index >= 15 is 0 Å². The molecule has 2 aromatic carbocycles. The van der Waals surface area contributed by atoms with Crippen molar-refractivity contribution in [2.45, 2.75) is 17.5 Å². The average Bonchev–Trinajstić information content (AvgIpc) is 2.99. The van der Waals surface area contributed by atoms with Crippen LogP contribution in [0.3, 0.4) is 0 Å². The van der Waals surface area contributed by atoms with Gasteiger partial charge in [0.05, 0.1) is 16.7 Å². The largest absolute Gasteiger partial charge is 0.345 e. The van der Waals surface area contributed by atoms with Crippen LogP contribution < -0.4 is 10.0 Å². The smallest absolute Gasteiger partial charge is 0.251 e. The Labute approximate surface area is 158 Å². The lowest BCUT2D eigenvalue weighted by atomic mass is 10.1. The molecule has 0 aliphatic carbocycles. The number of hydrogen-bond acceptors (Lipinski definition) is 5. The fraction of sp³-hybridized carbons (Fsp3) is 0.167. The van der Waals surface area contributed by atoms with Crippen LogP contribution >= 0.6 is 0 Å². The molecule has 0 saturated heterocycles. The van der Waals surface area contributed by atoms with Crippen molar-refractivity contribution in [1.29, 1.82) is 0 Å². The molecule has 0 bridgehead atoms. The third kappa shape index (κ3) is 5.03. The minimum absolute atomic E-state index is 0.0860. The Morgan fingerprint density at radius 3 is 2.30 bits per heavy atom. The Morgan fingerprint density at radius 1 is 1.04 bits per heavy atom. The molecule has 2 N–H and O–H groups in total. The molecule has 27 heavy (non-hydrogen) atoms. The highest BCUT2D eigenvalue weighted by molar-refractivity contribution is 7.94. The number of sulfonamides is 1. The van der Waals surface area contributed by atoms with Gasteiger partial charge in [0.15, 0.2) is 9.84 Å². The number of rotatable bonds is 6. The number of hydrogen-bond donors (Lipinski definition) is 2. The Kier molecular flexibility index (Phi) is 5.45. The topological polar surface area (TPSA) is 109 Å². The van der Waals surface area contributed by atoms with Crippen LogP contribution in [-0.2, 0) is 26.4 Å². The lowest BCUT2D eigenvalue weighted by Crippen LogP contribution is -2.35. The summed E-state index contributed by atoms with van der Waals surface area (Å²) in [5, 5.41) is 3.73. The molecule has 9 heteroatoms. The molecule has 1 aliphatic rings. The highest BCUT2D eigenvalue weighted by Crippen LogP contribution is 2.11. The van der Waals surface area contributed by atoms with Crippen molar-refractivity contribution in [3.8, 4) is 0 Å². The van der Waals surface area contributed by atoms with Gasteiger partial charge in [-0.15, -0.1) is 0 Å². The monoisotopic (exact) mass is 406 g/mol. The van der Waals surface area contributed by atoms with Crippen molar-refractivity contribution in [3.63, 3.8) is 0 Å². The lowest BCUT2D eigenvalue weighted by Gasteiger charge is -2.11. The van der Waals surface area contributed by atoms with Crippen molar-refractivity contribution in [2.24, 2.45) is 0 Å². The number of carbonyl (C=O) groups is 1. The second-order valence-electron chi connectivity index (χ2n) is 6.07. The van der Waals surface area contributed by atoms with Gasteiger partial charge in [-0.2, -0.15) is 0 Å². The first-order valence-electron chi connectivity index (χ1n) is 8.11. The number of nitrogens with one attached hydrogen (secondary N) is 2. The summed E-state index contributed by atoms with van der Waals surface area (Å²) in [4.78, 5) is 12.4. The fourth-order valence-corrected chi connectivity index (χ4v) is 4.83. The molecule has 0 aromatic heterocycles. The SMILES string of the molecule is O=C(N[C@@H]1C=CS(=O)(=O)C1)c1ccc(CNS(=O)(=O)c2ccccc2)cc1. The van der Waals surface area contributed by atoms with E-state index in [4.69, 9.17) is 0 Å². The zero-order chi connectivity index (χ0) is 19.5. The molecular formula is C18H18N2O5S2. The third-order valence-corrected chi connectivity index (χ3v) is 6.80. The number of sulfone groups is 1. The molecule has 1 atom stereocenters. The second kappa shape index (κ2) is 7.63. The van der Waals surface area contributed by atoms with Crippen LogP contribution in [0.2, 0.25) is 0 Å². The van der Waals surface area contributed by atoms with Gasteiger partial charge in [0.25, 0.3) is 5.91 Å². The van der Waals surface area contributed by atoms with Crippen LogP contribution in [0.4, 0.5) is 0 Å². The summed E-state index contributed by atoms with van der Waals surface area (Å²) < 4.78 is 49.6. The van der Waals surface area contributed by atoms with Crippen molar-refractivity contribution in [3.05, 3.63) is 77.2 Å². The second-order valence-corrected chi connectivity index (χ2v) is 9.77. The van der Waals surface area contributed by atoms with E-state index in [-0.39, 0.29) is 17.2 Å². The zero-order valence-corrected chi connectivity index (χ0v) is 15.8. The van der Waals surface area contributed by atoms with E-state index in [9.17, 15) is 21.6 Å². The van der Waals surface area contributed by atoms with Crippen LogP contribution in [-0.4, -0.2) is 34.5 Å². The quantitative estimate of drug-likeness (QED) is 0.749. The predicted octanol–water partition coefficient (Wildman–Crippen LogP) is 1.21. The van der Waals surface area contributed by atoms with E-state index in [0.717, 1.165) is 5.41 Å². The first-order chi connectivity index (χ1) is 12.8. The summed E-state index contributed by atoms with van der Waals surface area (Å²) in [6.45, 7) is 0.0860. The maximum Gasteiger partial charge on any atom is 0.251 e. The summed E-state index contributed by atoms with van der Waals surface area (Å²) in [6, 6.07) is 13.9. The van der Waals surface area contributed by atoms with Crippen molar-refractivity contribution < 1.29 is 21.6 Å². The summed E-state index contributed by atoms with van der Waals surface area (Å²) in [7, 11) is -6.84. The van der Waals surface area contributed by atoms with Gasteiger partial charge >= 0.3 is 0 Å². The molecular weight excluding hydrogens is 388 g/mol. The maximum absolute atomic E-state index is 12.2. The molecule has 0 unspecified atom stereocenters. The molecule has 1 amide bonds. The molecule has 142 valence electrons. The molecule has 0 fully saturated rings. The molecule has 0 radical (unpaired) electrons. The van der Waals surface area contributed by atoms with Gasteiger partial charge < -0.3 is 5.32 Å². The van der Waals surface area contributed by atoms with E-state index in [1.807, 2.05) is 0 Å². The summed E-state index contributed by atoms with van der Waals surface area (Å²) >= 11 is 0. The molecule has 0 saturated carbocycles. The van der Waals surface area contributed by atoms with Gasteiger partial charge in [-0.25, -0.2) is 21.6 Å². The highest BCUT2D eigenvalue weighted by Gasteiger charge is 2.23. The minimum atomic E-state index is -3.61. The van der Waals surface area contributed by atoms with Crippen LogP contribution in [0.25, 0.3) is 0 Å². The van der Waals surface area contributed by atoms with Crippen LogP contribution in [0.15, 0.2) is 71.0 Å². The minimum Gasteiger partial charge on any atom is -0.345 e. The van der Waals surface area contributed by atoms with Gasteiger partial charge in [-0.05, 0) is 35.9 Å². The van der Waals surface area contributed by atoms with E-state index in [1.54, 1.807) is 42.5 Å².